The number of rotatable bonds is 2. The average molecular weight is 219 g/mol. The molecule has 1 atom stereocenters. The maximum Gasteiger partial charge on any atom is 0.225 e. The van der Waals surface area contributed by atoms with Crippen molar-refractivity contribution in [3.05, 3.63) is 0 Å². The average Bonchev–Trinajstić information content (AvgIpc) is 2.51. The van der Waals surface area contributed by atoms with E-state index in [9.17, 15) is 4.79 Å². The van der Waals surface area contributed by atoms with Gasteiger partial charge in [0, 0.05) is 25.6 Å². The molecular formula is C10H19ClN2O. The van der Waals surface area contributed by atoms with Crippen molar-refractivity contribution in [1.29, 1.82) is 0 Å². The highest BCUT2D eigenvalue weighted by Gasteiger charge is 2.31. The molecule has 0 spiro atoms. The van der Waals surface area contributed by atoms with E-state index >= 15 is 0 Å². The minimum Gasteiger partial charge on any atom is -0.341 e. The second-order valence-electron chi connectivity index (χ2n) is 4.22. The fourth-order valence-corrected chi connectivity index (χ4v) is 2.09. The maximum atomic E-state index is 11.8. The minimum atomic E-state index is 0. The quantitative estimate of drug-likeness (QED) is 0.751. The molecule has 3 nitrogen and oxygen atoms in total. The lowest BCUT2D eigenvalue weighted by atomic mass is 9.84. The molecule has 0 radical (unpaired) electrons. The lowest BCUT2D eigenvalue weighted by Gasteiger charge is -2.32. The molecule has 0 aromatic carbocycles. The number of nitrogens with zero attached hydrogens (tertiary/aromatic N) is 1. The van der Waals surface area contributed by atoms with Crippen LogP contribution in [0.2, 0.25) is 0 Å². The van der Waals surface area contributed by atoms with Crippen molar-refractivity contribution in [2.24, 2.45) is 5.92 Å². The predicted octanol–water partition coefficient (Wildman–Crippen LogP) is 1.03. The van der Waals surface area contributed by atoms with E-state index in [0.29, 0.717) is 17.9 Å². The van der Waals surface area contributed by atoms with Gasteiger partial charge < -0.3 is 10.2 Å². The van der Waals surface area contributed by atoms with Gasteiger partial charge in [0.15, 0.2) is 0 Å². The van der Waals surface area contributed by atoms with Crippen LogP contribution in [-0.2, 0) is 4.79 Å². The maximum absolute atomic E-state index is 11.8. The fraction of sp³-hybridized carbons (Fsp3) is 0.900. The Morgan fingerprint density at radius 3 is 2.50 bits per heavy atom. The summed E-state index contributed by atoms with van der Waals surface area (Å²) in [5.74, 6) is 0.727. The SMILES string of the molecule is CN(C(=O)C1CCC1)C1CCNC1.Cl. The lowest BCUT2D eigenvalue weighted by molar-refractivity contribution is -0.138. The van der Waals surface area contributed by atoms with Crippen LogP contribution in [0.25, 0.3) is 0 Å². The Kier molecular flexibility index (Phi) is 4.20. The smallest absolute Gasteiger partial charge is 0.225 e. The van der Waals surface area contributed by atoms with Crippen molar-refractivity contribution in [3.63, 3.8) is 0 Å². The molecule has 0 aromatic heterocycles. The van der Waals surface area contributed by atoms with E-state index in [0.717, 1.165) is 32.4 Å². The van der Waals surface area contributed by atoms with Gasteiger partial charge in [0.05, 0.1) is 0 Å². The largest absolute Gasteiger partial charge is 0.341 e. The number of carbonyl (C=O) groups excluding carboxylic acids is 1. The Labute approximate surface area is 91.6 Å². The Balaban J connectivity index is 0.000000980. The van der Waals surface area contributed by atoms with Crippen LogP contribution in [0.15, 0.2) is 0 Å². The summed E-state index contributed by atoms with van der Waals surface area (Å²) in [5, 5.41) is 3.29. The molecule has 2 rings (SSSR count). The first-order valence-corrected chi connectivity index (χ1v) is 5.26. The van der Waals surface area contributed by atoms with Crippen LogP contribution < -0.4 is 5.32 Å². The van der Waals surface area contributed by atoms with Gasteiger partial charge in [0.2, 0.25) is 5.91 Å². The molecule has 1 aliphatic carbocycles. The Morgan fingerprint density at radius 1 is 1.36 bits per heavy atom. The Hall–Kier alpha value is -0.280. The van der Waals surface area contributed by atoms with Crippen LogP contribution >= 0.6 is 12.4 Å². The van der Waals surface area contributed by atoms with Crippen molar-refractivity contribution in [2.45, 2.75) is 31.7 Å². The van der Waals surface area contributed by atoms with E-state index in [1.807, 2.05) is 11.9 Å². The Morgan fingerprint density at radius 2 is 2.07 bits per heavy atom. The summed E-state index contributed by atoms with van der Waals surface area (Å²) < 4.78 is 0. The lowest BCUT2D eigenvalue weighted by Crippen LogP contribution is -2.43. The first-order valence-electron chi connectivity index (χ1n) is 5.26. The highest BCUT2D eigenvalue weighted by atomic mass is 35.5. The third-order valence-corrected chi connectivity index (χ3v) is 3.38. The van der Waals surface area contributed by atoms with Crippen LogP contribution in [0.4, 0.5) is 0 Å². The molecule has 2 fully saturated rings. The fourth-order valence-electron chi connectivity index (χ4n) is 2.09. The summed E-state index contributed by atoms with van der Waals surface area (Å²) in [6.07, 6.45) is 4.59. The van der Waals surface area contributed by atoms with E-state index in [-0.39, 0.29) is 12.4 Å². The monoisotopic (exact) mass is 218 g/mol. The van der Waals surface area contributed by atoms with Gasteiger partial charge in [-0.1, -0.05) is 6.42 Å². The van der Waals surface area contributed by atoms with Gasteiger partial charge in [0.25, 0.3) is 0 Å². The molecule has 82 valence electrons. The van der Waals surface area contributed by atoms with E-state index in [1.54, 1.807) is 0 Å². The molecule has 14 heavy (non-hydrogen) atoms. The number of hydrogen-bond acceptors (Lipinski definition) is 2. The molecule has 1 saturated carbocycles. The molecule has 0 bridgehead atoms. The van der Waals surface area contributed by atoms with Gasteiger partial charge in [-0.2, -0.15) is 0 Å². The summed E-state index contributed by atoms with van der Waals surface area (Å²) in [5.41, 5.74) is 0. The molecule has 1 amide bonds. The number of amides is 1. The molecule has 1 aliphatic heterocycles. The summed E-state index contributed by atoms with van der Waals surface area (Å²) in [4.78, 5) is 13.8. The third-order valence-electron chi connectivity index (χ3n) is 3.38. The van der Waals surface area contributed by atoms with Gasteiger partial charge in [-0.3, -0.25) is 4.79 Å². The van der Waals surface area contributed by atoms with Crippen LogP contribution in [0.3, 0.4) is 0 Å². The molecule has 2 aliphatic rings. The molecule has 1 heterocycles. The minimum absolute atomic E-state index is 0. The van der Waals surface area contributed by atoms with E-state index < -0.39 is 0 Å². The Bertz CT molecular complexity index is 200. The molecule has 1 unspecified atom stereocenters. The van der Waals surface area contributed by atoms with E-state index in [4.69, 9.17) is 0 Å². The molecule has 1 N–H and O–H groups in total. The molecule has 0 aromatic rings. The van der Waals surface area contributed by atoms with Gasteiger partial charge in [0.1, 0.15) is 0 Å². The number of likely N-dealkylation sites (N-methyl/N-ethyl adjacent to an activating group) is 1. The topological polar surface area (TPSA) is 32.3 Å². The van der Waals surface area contributed by atoms with Crippen LogP contribution in [0.1, 0.15) is 25.7 Å². The van der Waals surface area contributed by atoms with Crippen LogP contribution in [-0.4, -0.2) is 37.0 Å². The van der Waals surface area contributed by atoms with Gasteiger partial charge in [-0.05, 0) is 25.8 Å². The number of halogens is 1. The van der Waals surface area contributed by atoms with Crippen molar-refractivity contribution in [3.8, 4) is 0 Å². The van der Waals surface area contributed by atoms with Gasteiger partial charge in [-0.15, -0.1) is 12.4 Å². The summed E-state index contributed by atoms with van der Waals surface area (Å²) in [7, 11) is 1.96. The summed E-state index contributed by atoms with van der Waals surface area (Å²) >= 11 is 0. The highest BCUT2D eigenvalue weighted by Crippen LogP contribution is 2.28. The second-order valence-corrected chi connectivity index (χ2v) is 4.22. The van der Waals surface area contributed by atoms with Crippen molar-refractivity contribution >= 4 is 18.3 Å². The first-order chi connectivity index (χ1) is 6.29. The number of carbonyl (C=O) groups is 1. The third kappa shape index (κ3) is 2.20. The standard InChI is InChI=1S/C10H18N2O.ClH/c1-12(9-5-6-11-7-9)10(13)8-3-2-4-8;/h8-9,11H,2-7H2,1H3;1H. The van der Waals surface area contributed by atoms with E-state index in [2.05, 4.69) is 5.32 Å². The van der Waals surface area contributed by atoms with E-state index in [1.165, 1.54) is 6.42 Å². The summed E-state index contributed by atoms with van der Waals surface area (Å²) in [6, 6.07) is 0.452. The zero-order valence-electron chi connectivity index (χ0n) is 8.66. The van der Waals surface area contributed by atoms with Gasteiger partial charge >= 0.3 is 0 Å². The van der Waals surface area contributed by atoms with Crippen molar-refractivity contribution < 1.29 is 4.79 Å². The predicted molar refractivity (Wildman–Crippen MR) is 58.6 cm³/mol. The normalized spacial score (nSPS) is 26.5. The second kappa shape index (κ2) is 4.99. The van der Waals surface area contributed by atoms with Crippen LogP contribution in [0, 0.1) is 5.92 Å². The van der Waals surface area contributed by atoms with Crippen LogP contribution in [0.5, 0.6) is 0 Å². The zero-order valence-corrected chi connectivity index (χ0v) is 9.48. The number of hydrogen-bond donors (Lipinski definition) is 1. The highest BCUT2D eigenvalue weighted by molar-refractivity contribution is 5.85. The summed E-state index contributed by atoms with van der Waals surface area (Å²) in [6.45, 7) is 2.04. The van der Waals surface area contributed by atoms with Gasteiger partial charge in [-0.25, -0.2) is 0 Å². The molecule has 4 heteroatoms. The number of nitrogens with one attached hydrogen (secondary N) is 1. The van der Waals surface area contributed by atoms with Crippen molar-refractivity contribution in [2.75, 3.05) is 20.1 Å². The molecule has 1 saturated heterocycles. The zero-order chi connectivity index (χ0) is 9.26. The molecular weight excluding hydrogens is 200 g/mol. The first kappa shape index (κ1) is 11.8. The van der Waals surface area contributed by atoms with Crippen molar-refractivity contribution in [1.82, 2.24) is 10.2 Å².